The Morgan fingerprint density at radius 1 is 1.04 bits per heavy atom. The molecule has 1 aromatic carbocycles. The van der Waals surface area contributed by atoms with Gasteiger partial charge in [-0.15, -0.1) is 0 Å². The summed E-state index contributed by atoms with van der Waals surface area (Å²) >= 11 is 1.67. The van der Waals surface area contributed by atoms with Crippen molar-refractivity contribution in [2.75, 3.05) is 31.2 Å². The van der Waals surface area contributed by atoms with E-state index in [-0.39, 0.29) is 5.91 Å². The number of nitrogens with zero attached hydrogens (tertiary/aromatic N) is 4. The Morgan fingerprint density at radius 3 is 2.61 bits per heavy atom. The van der Waals surface area contributed by atoms with Crippen molar-refractivity contribution in [3.05, 3.63) is 64.1 Å². The molecule has 0 spiro atoms. The maximum atomic E-state index is 13.0. The highest BCUT2D eigenvalue weighted by Gasteiger charge is 2.27. The molecule has 5 rings (SSSR count). The second-order valence-electron chi connectivity index (χ2n) is 6.99. The molecule has 28 heavy (non-hydrogen) atoms. The lowest BCUT2D eigenvalue weighted by atomic mass is 10.1. The van der Waals surface area contributed by atoms with E-state index in [0.717, 1.165) is 35.9 Å². The van der Waals surface area contributed by atoms with Gasteiger partial charge in [-0.25, -0.2) is 9.97 Å². The topological polar surface area (TPSA) is 58.6 Å². The number of thiophene rings is 1. The highest BCUT2D eigenvalue weighted by molar-refractivity contribution is 7.08. The van der Waals surface area contributed by atoms with Crippen LogP contribution in [0.4, 0.5) is 5.95 Å². The van der Waals surface area contributed by atoms with E-state index in [4.69, 9.17) is 9.72 Å². The molecule has 0 aliphatic carbocycles. The zero-order valence-corrected chi connectivity index (χ0v) is 16.2. The Bertz CT molecular complexity index is 982. The van der Waals surface area contributed by atoms with Crippen LogP contribution < -0.4 is 4.90 Å². The van der Waals surface area contributed by atoms with E-state index in [0.29, 0.717) is 31.9 Å². The Kier molecular flexibility index (Phi) is 4.54. The number of anilines is 1. The predicted molar refractivity (Wildman–Crippen MR) is 108 cm³/mol. The van der Waals surface area contributed by atoms with Gasteiger partial charge in [0.15, 0.2) is 0 Å². The summed E-state index contributed by atoms with van der Waals surface area (Å²) in [6.45, 7) is 4.10. The molecule has 2 aliphatic rings. The molecule has 0 saturated carbocycles. The van der Waals surface area contributed by atoms with Crippen molar-refractivity contribution in [2.24, 2.45) is 0 Å². The Hall–Kier alpha value is -2.77. The van der Waals surface area contributed by atoms with E-state index in [1.807, 2.05) is 35.4 Å². The summed E-state index contributed by atoms with van der Waals surface area (Å²) in [5, 5.41) is 4.17. The third-order valence-corrected chi connectivity index (χ3v) is 5.89. The summed E-state index contributed by atoms with van der Waals surface area (Å²) in [4.78, 5) is 26.1. The minimum absolute atomic E-state index is 0.0304. The molecule has 3 aromatic rings. The monoisotopic (exact) mass is 392 g/mol. The number of hydrogen-bond acceptors (Lipinski definition) is 6. The van der Waals surface area contributed by atoms with Gasteiger partial charge in [0, 0.05) is 37.0 Å². The van der Waals surface area contributed by atoms with Crippen LogP contribution in [0.25, 0.3) is 11.1 Å². The number of morpholine rings is 1. The van der Waals surface area contributed by atoms with Crippen LogP contribution in [-0.2, 0) is 17.8 Å². The fourth-order valence-corrected chi connectivity index (χ4v) is 4.28. The number of rotatable bonds is 3. The van der Waals surface area contributed by atoms with Crippen LogP contribution in [0, 0.1) is 0 Å². The lowest BCUT2D eigenvalue weighted by Crippen LogP contribution is -2.37. The first-order valence-electron chi connectivity index (χ1n) is 9.37. The smallest absolute Gasteiger partial charge is 0.254 e. The van der Waals surface area contributed by atoms with E-state index < -0.39 is 0 Å². The van der Waals surface area contributed by atoms with Gasteiger partial charge in [-0.3, -0.25) is 4.79 Å². The van der Waals surface area contributed by atoms with Crippen molar-refractivity contribution in [3.8, 4) is 11.1 Å². The second-order valence-corrected chi connectivity index (χ2v) is 7.77. The maximum Gasteiger partial charge on any atom is 0.254 e. The number of aromatic nitrogens is 2. The number of carbonyl (C=O) groups excluding carboxylic acids is 1. The van der Waals surface area contributed by atoms with E-state index in [9.17, 15) is 4.79 Å². The molecule has 0 atom stereocenters. The van der Waals surface area contributed by atoms with Crippen LogP contribution in [0.3, 0.4) is 0 Å². The minimum atomic E-state index is 0.0304. The summed E-state index contributed by atoms with van der Waals surface area (Å²) in [7, 11) is 0. The number of benzene rings is 1. The molecule has 1 saturated heterocycles. The first-order chi connectivity index (χ1) is 13.8. The van der Waals surface area contributed by atoms with Gasteiger partial charge in [-0.1, -0.05) is 12.1 Å². The summed E-state index contributed by atoms with van der Waals surface area (Å²) in [5.74, 6) is 0.763. The van der Waals surface area contributed by atoms with E-state index in [1.54, 1.807) is 11.3 Å². The molecule has 0 unspecified atom stereocenters. The molecule has 4 heterocycles. The molecule has 2 aliphatic heterocycles. The second kappa shape index (κ2) is 7.33. The van der Waals surface area contributed by atoms with Crippen molar-refractivity contribution < 1.29 is 9.53 Å². The molecule has 0 radical (unpaired) electrons. The third kappa shape index (κ3) is 3.27. The van der Waals surface area contributed by atoms with Crippen molar-refractivity contribution in [1.29, 1.82) is 0 Å². The first kappa shape index (κ1) is 17.3. The Morgan fingerprint density at radius 2 is 1.86 bits per heavy atom. The van der Waals surface area contributed by atoms with Crippen LogP contribution in [0.5, 0.6) is 0 Å². The van der Waals surface area contributed by atoms with Crippen molar-refractivity contribution in [3.63, 3.8) is 0 Å². The Balaban J connectivity index is 1.31. The summed E-state index contributed by atoms with van der Waals surface area (Å²) < 4.78 is 5.39. The fourth-order valence-electron chi connectivity index (χ4n) is 3.62. The van der Waals surface area contributed by atoms with Gasteiger partial charge in [0.1, 0.15) is 0 Å². The molecular weight excluding hydrogens is 372 g/mol. The first-order valence-corrected chi connectivity index (χ1v) is 10.3. The number of hydrogen-bond donors (Lipinski definition) is 0. The van der Waals surface area contributed by atoms with Crippen LogP contribution in [-0.4, -0.2) is 47.1 Å². The van der Waals surface area contributed by atoms with E-state index in [1.165, 1.54) is 5.56 Å². The lowest BCUT2D eigenvalue weighted by Gasteiger charge is -2.26. The van der Waals surface area contributed by atoms with Crippen molar-refractivity contribution in [2.45, 2.75) is 13.1 Å². The maximum absolute atomic E-state index is 13.0. The van der Waals surface area contributed by atoms with Crippen LogP contribution in [0.1, 0.15) is 21.6 Å². The van der Waals surface area contributed by atoms with Gasteiger partial charge in [-0.2, -0.15) is 11.3 Å². The molecule has 2 aromatic heterocycles. The van der Waals surface area contributed by atoms with Crippen LogP contribution in [0.15, 0.2) is 47.3 Å². The summed E-state index contributed by atoms with van der Waals surface area (Å²) in [6.07, 6.45) is 1.86. The SMILES string of the molecule is O=C(c1ccc(-c2ccsc2)cc1)N1Cc2cnc(N3CCOCC3)nc2C1. The lowest BCUT2D eigenvalue weighted by molar-refractivity contribution is 0.0750. The normalized spacial score (nSPS) is 16.3. The number of ether oxygens (including phenoxy) is 1. The van der Waals surface area contributed by atoms with Gasteiger partial charge >= 0.3 is 0 Å². The largest absolute Gasteiger partial charge is 0.378 e. The highest BCUT2D eigenvalue weighted by Crippen LogP contribution is 2.26. The zero-order valence-electron chi connectivity index (χ0n) is 15.4. The quantitative estimate of drug-likeness (QED) is 0.685. The average Bonchev–Trinajstić information content (AvgIpc) is 3.43. The van der Waals surface area contributed by atoms with Crippen LogP contribution in [0.2, 0.25) is 0 Å². The molecule has 0 bridgehead atoms. The number of amides is 1. The van der Waals surface area contributed by atoms with Crippen LogP contribution >= 0.6 is 11.3 Å². The van der Waals surface area contributed by atoms with Crippen molar-refractivity contribution >= 4 is 23.2 Å². The van der Waals surface area contributed by atoms with Gasteiger partial charge in [0.05, 0.1) is 25.5 Å². The molecule has 1 fully saturated rings. The highest BCUT2D eigenvalue weighted by atomic mass is 32.1. The van der Waals surface area contributed by atoms with E-state index in [2.05, 4.69) is 26.7 Å². The molecule has 6 nitrogen and oxygen atoms in total. The number of carbonyl (C=O) groups is 1. The van der Waals surface area contributed by atoms with Gasteiger partial charge in [0.2, 0.25) is 5.95 Å². The fraction of sp³-hybridized carbons (Fsp3) is 0.286. The summed E-state index contributed by atoms with van der Waals surface area (Å²) in [6, 6.07) is 9.92. The molecule has 7 heteroatoms. The molecular formula is C21H20N4O2S. The Labute approximate surface area is 167 Å². The summed E-state index contributed by atoms with van der Waals surface area (Å²) in [5.41, 5.74) is 4.99. The molecule has 142 valence electrons. The molecule has 1 amide bonds. The zero-order chi connectivity index (χ0) is 18.9. The van der Waals surface area contributed by atoms with Gasteiger partial charge in [-0.05, 0) is 40.1 Å². The minimum Gasteiger partial charge on any atom is -0.378 e. The van der Waals surface area contributed by atoms with Gasteiger partial charge < -0.3 is 14.5 Å². The molecule has 0 N–H and O–H groups in total. The van der Waals surface area contributed by atoms with E-state index >= 15 is 0 Å². The average molecular weight is 392 g/mol. The van der Waals surface area contributed by atoms with Gasteiger partial charge in [0.25, 0.3) is 5.91 Å². The predicted octanol–water partition coefficient (Wildman–Crippen LogP) is 3.20. The standard InChI is InChI=1S/C21H20N4O2S/c26-20(16-3-1-15(2-4-16)17-5-10-28-14-17)25-12-18-11-22-21(23-19(18)13-25)24-6-8-27-9-7-24/h1-5,10-11,14H,6-9,12-13H2. The van der Waals surface area contributed by atoms with Crippen molar-refractivity contribution in [1.82, 2.24) is 14.9 Å². The third-order valence-electron chi connectivity index (χ3n) is 5.21. The number of fused-ring (bicyclic) bond motifs is 1.